The maximum atomic E-state index is 13.4. The molecule has 0 spiro atoms. The summed E-state index contributed by atoms with van der Waals surface area (Å²) in [5, 5.41) is 2.81. The predicted octanol–water partition coefficient (Wildman–Crippen LogP) is 0.723. The number of rotatable bonds is 8. The number of fused-ring (bicyclic) bond motifs is 1. The zero-order valence-corrected chi connectivity index (χ0v) is 21.1. The Bertz CT molecular complexity index is 1080. The van der Waals surface area contributed by atoms with Gasteiger partial charge in [0.05, 0.1) is 36.7 Å². The van der Waals surface area contributed by atoms with E-state index in [-0.39, 0.29) is 42.8 Å². The van der Waals surface area contributed by atoms with Crippen LogP contribution in [0.1, 0.15) is 66.2 Å². The van der Waals surface area contributed by atoms with Gasteiger partial charge in [0.25, 0.3) is 17.7 Å². The van der Waals surface area contributed by atoms with Crippen LogP contribution in [-0.2, 0) is 23.9 Å². The topological polar surface area (TPSA) is 133 Å². The predicted molar refractivity (Wildman–Crippen MR) is 130 cm³/mol. The fourth-order valence-corrected chi connectivity index (χ4v) is 5.20. The van der Waals surface area contributed by atoms with Crippen LogP contribution in [-0.4, -0.2) is 95.1 Å². The van der Waals surface area contributed by atoms with Crippen molar-refractivity contribution in [2.45, 2.75) is 63.6 Å². The Morgan fingerprint density at radius 1 is 1.03 bits per heavy atom. The van der Waals surface area contributed by atoms with Crippen LogP contribution in [0.25, 0.3) is 0 Å². The monoisotopic (exact) mass is 512 g/mol. The molecule has 3 heterocycles. The molecule has 3 unspecified atom stereocenters. The van der Waals surface area contributed by atoms with Crippen LogP contribution in [0.5, 0.6) is 0 Å². The van der Waals surface area contributed by atoms with Gasteiger partial charge in [-0.15, -0.1) is 0 Å². The molecule has 11 nitrogen and oxygen atoms in total. The Labute approximate surface area is 215 Å². The second-order valence-corrected chi connectivity index (χ2v) is 9.68. The van der Waals surface area contributed by atoms with Gasteiger partial charge in [0.2, 0.25) is 11.8 Å². The number of hydrogen-bond acceptors (Lipinski definition) is 8. The second kappa shape index (κ2) is 11.2. The van der Waals surface area contributed by atoms with Crippen molar-refractivity contribution >= 4 is 35.5 Å². The molecule has 1 N–H and O–H groups in total. The van der Waals surface area contributed by atoms with Gasteiger partial charge in [0.15, 0.2) is 0 Å². The van der Waals surface area contributed by atoms with Crippen LogP contribution >= 0.6 is 0 Å². The summed E-state index contributed by atoms with van der Waals surface area (Å²) in [5.41, 5.74) is 0.428. The minimum absolute atomic E-state index is 0.0135. The van der Waals surface area contributed by atoms with Gasteiger partial charge in [-0.1, -0.05) is 18.6 Å². The number of nitrogens with one attached hydrogen (secondary N) is 1. The van der Waals surface area contributed by atoms with Crippen LogP contribution in [0.2, 0.25) is 0 Å². The second-order valence-electron chi connectivity index (χ2n) is 9.68. The molecule has 2 saturated heterocycles. The van der Waals surface area contributed by atoms with E-state index in [0.717, 1.165) is 42.2 Å². The normalized spacial score (nSPS) is 22.1. The lowest BCUT2D eigenvalue weighted by molar-refractivity contribution is -0.153. The maximum Gasteiger partial charge on any atom is 0.307 e. The number of piperidine rings is 2. The van der Waals surface area contributed by atoms with Crippen molar-refractivity contribution in [2.75, 3.05) is 26.7 Å². The number of methoxy groups -OCH3 is 1. The smallest absolute Gasteiger partial charge is 0.307 e. The Kier molecular flexibility index (Phi) is 8.01. The van der Waals surface area contributed by atoms with E-state index in [0.29, 0.717) is 0 Å². The molecule has 0 bridgehead atoms. The molecular weight excluding hydrogens is 480 g/mol. The molecule has 3 aliphatic rings. The minimum atomic E-state index is -1.15. The molecule has 3 atom stereocenters. The highest BCUT2D eigenvalue weighted by molar-refractivity contribution is 6.23. The van der Waals surface area contributed by atoms with Gasteiger partial charge < -0.3 is 10.1 Å². The van der Waals surface area contributed by atoms with Crippen LogP contribution in [0.4, 0.5) is 0 Å². The first-order valence-electron chi connectivity index (χ1n) is 12.6. The lowest BCUT2D eigenvalue weighted by Crippen LogP contribution is -2.59. The summed E-state index contributed by atoms with van der Waals surface area (Å²) in [6.07, 6.45) is 2.82. The molecule has 0 radical (unpaired) electrons. The summed E-state index contributed by atoms with van der Waals surface area (Å²) >= 11 is 0. The van der Waals surface area contributed by atoms with Crippen molar-refractivity contribution in [1.29, 1.82) is 0 Å². The Hall–Kier alpha value is -3.60. The molecule has 5 amide bonds. The number of hydrogen-bond donors (Lipinski definition) is 1. The summed E-state index contributed by atoms with van der Waals surface area (Å²) in [5.74, 6) is -3.29. The number of likely N-dealkylation sites (tertiary alicyclic amines) is 2. The first-order chi connectivity index (χ1) is 17.7. The van der Waals surface area contributed by atoms with Crippen molar-refractivity contribution in [3.8, 4) is 0 Å². The largest absolute Gasteiger partial charge is 0.469 e. The van der Waals surface area contributed by atoms with E-state index in [9.17, 15) is 28.8 Å². The highest BCUT2D eigenvalue weighted by Crippen LogP contribution is 2.29. The van der Waals surface area contributed by atoms with Crippen molar-refractivity contribution in [2.24, 2.45) is 0 Å². The highest BCUT2D eigenvalue weighted by atomic mass is 16.5. The van der Waals surface area contributed by atoms with E-state index in [1.54, 1.807) is 19.1 Å². The van der Waals surface area contributed by atoms with Gasteiger partial charge in [-0.05, 0) is 51.4 Å². The Balaban J connectivity index is 1.50. The standard InChI is InChI=1S/C26H32N4O7/c1-16(28-12-6-3-7-13-28)23(33)27-17(14-22(32)37-2)15-29-21(31)11-10-20(26(29)36)30-24(34)18-8-4-5-9-19(18)25(30)35/h4-5,8-9,16-17,20H,3,6-7,10-15H2,1-2H3,(H,27,33). The van der Waals surface area contributed by atoms with Gasteiger partial charge in [-0.3, -0.25) is 43.5 Å². The molecule has 0 aromatic heterocycles. The SMILES string of the molecule is COC(=O)CC(CN1C(=O)CCC(N2C(=O)c3ccccc3C2=O)C1=O)NC(=O)C(C)N1CCCCC1. The van der Waals surface area contributed by atoms with E-state index in [2.05, 4.69) is 10.2 Å². The van der Waals surface area contributed by atoms with Crippen LogP contribution in [0.3, 0.4) is 0 Å². The summed E-state index contributed by atoms with van der Waals surface area (Å²) < 4.78 is 4.76. The number of amides is 5. The quantitative estimate of drug-likeness (QED) is 0.398. The zero-order valence-electron chi connectivity index (χ0n) is 21.1. The summed E-state index contributed by atoms with van der Waals surface area (Å²) in [6.45, 7) is 3.10. The number of ether oxygens (including phenoxy) is 1. The Morgan fingerprint density at radius 2 is 1.65 bits per heavy atom. The van der Waals surface area contributed by atoms with Crippen LogP contribution < -0.4 is 5.32 Å². The number of imide groups is 2. The lowest BCUT2D eigenvalue weighted by Gasteiger charge is -2.37. The molecule has 0 saturated carbocycles. The van der Waals surface area contributed by atoms with Gasteiger partial charge in [0.1, 0.15) is 6.04 Å². The van der Waals surface area contributed by atoms with E-state index >= 15 is 0 Å². The van der Waals surface area contributed by atoms with Crippen molar-refractivity contribution < 1.29 is 33.5 Å². The third-order valence-electron chi connectivity index (χ3n) is 7.33. The molecule has 2 fully saturated rings. The maximum absolute atomic E-state index is 13.4. The molecule has 3 aliphatic heterocycles. The number of carbonyl (C=O) groups excluding carboxylic acids is 6. The van der Waals surface area contributed by atoms with Crippen molar-refractivity contribution in [1.82, 2.24) is 20.0 Å². The van der Waals surface area contributed by atoms with E-state index in [1.807, 2.05) is 0 Å². The average molecular weight is 513 g/mol. The molecule has 37 heavy (non-hydrogen) atoms. The molecule has 0 aliphatic carbocycles. The first-order valence-corrected chi connectivity index (χ1v) is 12.6. The number of esters is 1. The molecule has 4 rings (SSSR count). The average Bonchev–Trinajstić information content (AvgIpc) is 3.16. The fourth-order valence-electron chi connectivity index (χ4n) is 5.20. The molecule has 1 aromatic carbocycles. The first kappa shape index (κ1) is 26.5. The van der Waals surface area contributed by atoms with Crippen LogP contribution in [0.15, 0.2) is 24.3 Å². The molecular formula is C26H32N4O7. The fraction of sp³-hybridized carbons (Fsp3) is 0.538. The summed E-state index contributed by atoms with van der Waals surface area (Å²) in [4.78, 5) is 81.2. The van der Waals surface area contributed by atoms with Gasteiger partial charge in [-0.2, -0.15) is 0 Å². The van der Waals surface area contributed by atoms with E-state index in [4.69, 9.17) is 4.74 Å². The van der Waals surface area contributed by atoms with Crippen LogP contribution in [0, 0.1) is 0 Å². The summed E-state index contributed by atoms with van der Waals surface area (Å²) in [6, 6.07) is 3.84. The number of nitrogens with zero attached hydrogens (tertiary/aromatic N) is 3. The number of carbonyl (C=O) groups is 6. The van der Waals surface area contributed by atoms with Crippen molar-refractivity contribution in [3.05, 3.63) is 35.4 Å². The Morgan fingerprint density at radius 3 is 2.24 bits per heavy atom. The van der Waals surface area contributed by atoms with Crippen molar-refractivity contribution in [3.63, 3.8) is 0 Å². The van der Waals surface area contributed by atoms with Gasteiger partial charge >= 0.3 is 5.97 Å². The minimum Gasteiger partial charge on any atom is -0.469 e. The van der Waals surface area contributed by atoms with E-state index < -0.39 is 47.7 Å². The van der Waals surface area contributed by atoms with Gasteiger partial charge in [-0.25, -0.2) is 0 Å². The zero-order chi connectivity index (χ0) is 26.7. The van der Waals surface area contributed by atoms with Gasteiger partial charge in [0, 0.05) is 13.0 Å². The third kappa shape index (κ3) is 5.41. The van der Waals surface area contributed by atoms with E-state index in [1.165, 1.54) is 19.2 Å². The summed E-state index contributed by atoms with van der Waals surface area (Å²) in [7, 11) is 1.22. The number of benzene rings is 1. The molecule has 198 valence electrons. The third-order valence-corrected chi connectivity index (χ3v) is 7.33. The lowest BCUT2D eigenvalue weighted by atomic mass is 10.0. The molecule has 1 aromatic rings. The highest BCUT2D eigenvalue weighted by Gasteiger charge is 2.47. The molecule has 11 heteroatoms.